The molecule has 19 heavy (non-hydrogen) atoms. The van der Waals surface area contributed by atoms with Crippen molar-refractivity contribution < 1.29 is 9.90 Å². The normalized spacial score (nSPS) is 12.2. The molecule has 0 spiro atoms. The lowest BCUT2D eigenvalue weighted by molar-refractivity contribution is -0.120. The zero-order chi connectivity index (χ0) is 14.3. The zero-order valence-electron chi connectivity index (χ0n) is 11.9. The van der Waals surface area contributed by atoms with E-state index in [1.54, 1.807) is 18.7 Å². The summed E-state index contributed by atoms with van der Waals surface area (Å²) in [4.78, 5) is 12.7. The van der Waals surface area contributed by atoms with Gasteiger partial charge in [-0.1, -0.05) is 6.07 Å². The van der Waals surface area contributed by atoms with Crippen LogP contribution in [0.2, 0.25) is 0 Å². The number of hydrogen-bond donors (Lipinski definition) is 2. The summed E-state index contributed by atoms with van der Waals surface area (Å²) in [6.07, 6.45) is 0.762. The number of aliphatic hydroxyl groups excluding tert-OH is 1. The highest BCUT2D eigenvalue weighted by Crippen LogP contribution is 2.21. The average Bonchev–Trinajstić information content (AvgIpc) is 2.33. The number of aliphatic hydroxyl groups is 1. The van der Waals surface area contributed by atoms with Crippen molar-refractivity contribution in [1.82, 2.24) is 5.32 Å². The highest BCUT2D eigenvalue weighted by Gasteiger charge is 2.03. The third-order valence-corrected chi connectivity index (χ3v) is 3.96. The largest absolute Gasteiger partial charge is 0.393 e. The molecule has 1 unspecified atom stereocenters. The van der Waals surface area contributed by atoms with Gasteiger partial charge in [0.2, 0.25) is 5.91 Å². The Bertz CT molecular complexity index is 419. The minimum Gasteiger partial charge on any atom is -0.393 e. The Morgan fingerprint density at radius 3 is 2.74 bits per heavy atom. The Morgan fingerprint density at radius 1 is 1.37 bits per heavy atom. The van der Waals surface area contributed by atoms with Gasteiger partial charge in [0.1, 0.15) is 0 Å². The van der Waals surface area contributed by atoms with Crippen molar-refractivity contribution in [1.29, 1.82) is 0 Å². The van der Waals surface area contributed by atoms with Crippen LogP contribution in [0.15, 0.2) is 23.1 Å². The maximum absolute atomic E-state index is 11.5. The molecule has 1 aromatic rings. The summed E-state index contributed by atoms with van der Waals surface area (Å²) in [7, 11) is 0. The van der Waals surface area contributed by atoms with Gasteiger partial charge < -0.3 is 10.4 Å². The molecule has 0 aliphatic heterocycles. The van der Waals surface area contributed by atoms with Crippen LogP contribution < -0.4 is 5.32 Å². The molecule has 3 nitrogen and oxygen atoms in total. The number of benzene rings is 1. The van der Waals surface area contributed by atoms with Gasteiger partial charge >= 0.3 is 0 Å². The van der Waals surface area contributed by atoms with Crippen molar-refractivity contribution in [3.05, 3.63) is 29.3 Å². The molecule has 0 bridgehead atoms. The molecule has 0 aromatic heterocycles. The molecule has 0 heterocycles. The molecule has 0 saturated heterocycles. The SMILES string of the molecule is Cc1ccc(SCCC(=O)NCCC(C)O)cc1C. The number of rotatable bonds is 7. The lowest BCUT2D eigenvalue weighted by Gasteiger charge is -2.07. The Morgan fingerprint density at radius 2 is 2.11 bits per heavy atom. The predicted octanol–water partition coefficient (Wildman–Crippen LogP) is 2.67. The fourth-order valence-corrected chi connectivity index (χ4v) is 2.52. The molecule has 1 aromatic carbocycles. The van der Waals surface area contributed by atoms with E-state index in [-0.39, 0.29) is 12.0 Å². The summed E-state index contributed by atoms with van der Waals surface area (Å²) in [6.45, 7) is 6.47. The lowest BCUT2D eigenvalue weighted by Crippen LogP contribution is -2.26. The van der Waals surface area contributed by atoms with E-state index < -0.39 is 0 Å². The summed E-state index contributed by atoms with van der Waals surface area (Å²) in [5.74, 6) is 0.834. The third kappa shape index (κ3) is 6.64. The number of carbonyl (C=O) groups excluding carboxylic acids is 1. The highest BCUT2D eigenvalue weighted by atomic mass is 32.2. The Labute approximate surface area is 119 Å². The van der Waals surface area contributed by atoms with Crippen molar-refractivity contribution in [2.24, 2.45) is 0 Å². The van der Waals surface area contributed by atoms with E-state index in [1.165, 1.54) is 16.0 Å². The summed E-state index contributed by atoms with van der Waals surface area (Å²) in [5, 5.41) is 11.9. The molecular weight excluding hydrogens is 258 g/mol. The quantitative estimate of drug-likeness (QED) is 0.755. The summed E-state index contributed by atoms with van der Waals surface area (Å²) in [5.41, 5.74) is 2.58. The van der Waals surface area contributed by atoms with Gasteiger partial charge in [-0.05, 0) is 50.5 Å². The molecule has 0 saturated carbocycles. The fraction of sp³-hybridized carbons (Fsp3) is 0.533. The molecule has 4 heteroatoms. The number of carbonyl (C=O) groups is 1. The first kappa shape index (κ1) is 16.1. The number of aryl methyl sites for hydroxylation is 2. The van der Waals surface area contributed by atoms with Crippen LogP contribution in [0.5, 0.6) is 0 Å². The molecule has 1 rings (SSSR count). The monoisotopic (exact) mass is 281 g/mol. The van der Waals surface area contributed by atoms with Gasteiger partial charge in [0.25, 0.3) is 0 Å². The number of nitrogens with one attached hydrogen (secondary N) is 1. The van der Waals surface area contributed by atoms with Gasteiger partial charge in [-0.3, -0.25) is 4.79 Å². The molecule has 1 amide bonds. The Balaban J connectivity index is 2.22. The van der Waals surface area contributed by atoms with Crippen LogP contribution in [0, 0.1) is 13.8 Å². The van der Waals surface area contributed by atoms with Crippen molar-refractivity contribution in [3.8, 4) is 0 Å². The summed E-state index contributed by atoms with van der Waals surface area (Å²) < 4.78 is 0. The third-order valence-electron chi connectivity index (χ3n) is 2.96. The van der Waals surface area contributed by atoms with Crippen LogP contribution in [-0.4, -0.2) is 29.4 Å². The zero-order valence-corrected chi connectivity index (χ0v) is 12.7. The van der Waals surface area contributed by atoms with Gasteiger partial charge in [-0.15, -0.1) is 11.8 Å². The van der Waals surface area contributed by atoms with Gasteiger partial charge in [0.15, 0.2) is 0 Å². The van der Waals surface area contributed by atoms with Crippen molar-refractivity contribution in [2.45, 2.75) is 44.6 Å². The molecule has 106 valence electrons. The topological polar surface area (TPSA) is 49.3 Å². The van der Waals surface area contributed by atoms with Gasteiger partial charge in [0.05, 0.1) is 6.10 Å². The van der Waals surface area contributed by atoms with Gasteiger partial charge in [-0.2, -0.15) is 0 Å². The molecule has 1 atom stereocenters. The summed E-state index contributed by atoms with van der Waals surface area (Å²) in [6, 6.07) is 6.37. The van der Waals surface area contributed by atoms with E-state index in [0.717, 1.165) is 5.75 Å². The van der Waals surface area contributed by atoms with Crippen LogP contribution in [-0.2, 0) is 4.79 Å². The van der Waals surface area contributed by atoms with Crippen LogP contribution >= 0.6 is 11.8 Å². The van der Waals surface area contributed by atoms with Crippen molar-refractivity contribution in [2.75, 3.05) is 12.3 Å². The molecular formula is C15H23NO2S. The van der Waals surface area contributed by atoms with E-state index >= 15 is 0 Å². The second-order valence-electron chi connectivity index (χ2n) is 4.83. The number of amides is 1. The van der Waals surface area contributed by atoms with E-state index in [1.807, 2.05) is 0 Å². The van der Waals surface area contributed by atoms with Crippen LogP contribution in [0.1, 0.15) is 30.9 Å². The lowest BCUT2D eigenvalue weighted by atomic mass is 10.1. The minimum atomic E-state index is -0.356. The van der Waals surface area contributed by atoms with Crippen molar-refractivity contribution >= 4 is 17.7 Å². The van der Waals surface area contributed by atoms with Crippen LogP contribution in [0.4, 0.5) is 0 Å². The van der Waals surface area contributed by atoms with Gasteiger partial charge in [0, 0.05) is 23.6 Å². The summed E-state index contributed by atoms with van der Waals surface area (Å²) >= 11 is 1.70. The molecule has 0 aliphatic carbocycles. The molecule has 0 fully saturated rings. The number of thioether (sulfide) groups is 1. The first-order valence-electron chi connectivity index (χ1n) is 6.64. The van der Waals surface area contributed by atoms with E-state index in [9.17, 15) is 4.79 Å². The van der Waals surface area contributed by atoms with Crippen molar-refractivity contribution in [3.63, 3.8) is 0 Å². The maximum Gasteiger partial charge on any atom is 0.220 e. The Hall–Kier alpha value is -1.00. The molecule has 2 N–H and O–H groups in total. The number of hydrogen-bond acceptors (Lipinski definition) is 3. The molecule has 0 aliphatic rings. The smallest absolute Gasteiger partial charge is 0.220 e. The van der Waals surface area contributed by atoms with Crippen LogP contribution in [0.25, 0.3) is 0 Å². The van der Waals surface area contributed by atoms with E-state index in [4.69, 9.17) is 5.11 Å². The first-order chi connectivity index (χ1) is 8.99. The standard InChI is InChI=1S/C15H23NO2S/c1-11-4-5-14(10-12(11)2)19-9-7-15(18)16-8-6-13(3)17/h4-5,10,13,17H,6-9H2,1-3H3,(H,16,18). The average molecular weight is 281 g/mol. The fourth-order valence-electron chi connectivity index (χ4n) is 1.57. The highest BCUT2D eigenvalue weighted by molar-refractivity contribution is 7.99. The van der Waals surface area contributed by atoms with Gasteiger partial charge in [-0.25, -0.2) is 0 Å². The molecule has 0 radical (unpaired) electrons. The Kier molecular flexibility index (Phi) is 6.95. The maximum atomic E-state index is 11.5. The second kappa shape index (κ2) is 8.23. The van der Waals surface area contributed by atoms with Crippen LogP contribution in [0.3, 0.4) is 0 Å². The van der Waals surface area contributed by atoms with E-state index in [2.05, 4.69) is 37.4 Å². The first-order valence-corrected chi connectivity index (χ1v) is 7.62. The minimum absolute atomic E-state index is 0.0528. The second-order valence-corrected chi connectivity index (χ2v) is 6.00. The van der Waals surface area contributed by atoms with E-state index in [0.29, 0.717) is 19.4 Å². The predicted molar refractivity (Wildman–Crippen MR) is 80.6 cm³/mol.